The van der Waals surface area contributed by atoms with Gasteiger partial charge in [0.15, 0.2) is 5.78 Å². The number of carbonyl (C=O) groups excluding carboxylic acids is 1. The highest BCUT2D eigenvalue weighted by atomic mass is 16.5. The van der Waals surface area contributed by atoms with Crippen molar-refractivity contribution in [2.75, 3.05) is 20.8 Å². The number of Topliss-reactive ketones (excluding diaryl/α,β-unsaturated/α-hetero) is 1. The molecule has 15 heavy (non-hydrogen) atoms. The first-order chi connectivity index (χ1) is 7.29. The van der Waals surface area contributed by atoms with Gasteiger partial charge in [-0.05, 0) is 12.5 Å². The maximum absolute atomic E-state index is 11.7. The highest BCUT2D eigenvalue weighted by Crippen LogP contribution is 2.17. The molecule has 0 N–H and O–H groups in total. The van der Waals surface area contributed by atoms with E-state index in [1.807, 2.05) is 0 Å². The second kappa shape index (κ2) is 6.14. The second-order valence-corrected chi connectivity index (χ2v) is 3.10. The van der Waals surface area contributed by atoms with Crippen LogP contribution in [0.3, 0.4) is 0 Å². The summed E-state index contributed by atoms with van der Waals surface area (Å²) in [7, 11) is 3.15. The van der Waals surface area contributed by atoms with Crippen molar-refractivity contribution in [2.24, 2.45) is 0 Å². The van der Waals surface area contributed by atoms with E-state index in [4.69, 9.17) is 9.47 Å². The van der Waals surface area contributed by atoms with Crippen LogP contribution < -0.4 is 4.74 Å². The summed E-state index contributed by atoms with van der Waals surface area (Å²) >= 11 is 0. The topological polar surface area (TPSA) is 48.4 Å². The molecule has 4 heteroatoms. The molecule has 0 amide bonds. The molecule has 82 valence electrons. The number of rotatable bonds is 6. The van der Waals surface area contributed by atoms with E-state index in [1.54, 1.807) is 25.6 Å². The van der Waals surface area contributed by atoms with Gasteiger partial charge in [-0.15, -0.1) is 0 Å². The second-order valence-electron chi connectivity index (χ2n) is 3.10. The molecule has 0 radical (unpaired) electrons. The Morgan fingerprint density at radius 2 is 2.27 bits per heavy atom. The summed E-state index contributed by atoms with van der Waals surface area (Å²) in [6, 6.07) is 1.67. The molecule has 1 heterocycles. The van der Waals surface area contributed by atoms with E-state index >= 15 is 0 Å². The fraction of sp³-hybridized carbons (Fsp3) is 0.455. The van der Waals surface area contributed by atoms with Crippen LogP contribution in [0.15, 0.2) is 18.5 Å². The number of methoxy groups -OCH3 is 2. The van der Waals surface area contributed by atoms with Gasteiger partial charge in [-0.1, -0.05) is 0 Å². The van der Waals surface area contributed by atoms with Crippen molar-refractivity contribution >= 4 is 5.78 Å². The largest absolute Gasteiger partial charge is 0.494 e. The summed E-state index contributed by atoms with van der Waals surface area (Å²) in [5.74, 6) is 0.589. The van der Waals surface area contributed by atoms with E-state index in [-0.39, 0.29) is 5.78 Å². The van der Waals surface area contributed by atoms with E-state index in [9.17, 15) is 4.79 Å². The highest BCUT2D eigenvalue weighted by Gasteiger charge is 2.10. The van der Waals surface area contributed by atoms with Crippen molar-refractivity contribution < 1.29 is 14.3 Å². The van der Waals surface area contributed by atoms with Crippen LogP contribution >= 0.6 is 0 Å². The molecule has 0 aromatic carbocycles. The zero-order valence-electron chi connectivity index (χ0n) is 9.03. The number of pyridine rings is 1. The van der Waals surface area contributed by atoms with Crippen molar-refractivity contribution in [3.63, 3.8) is 0 Å². The molecule has 0 aliphatic rings. The number of hydrogen-bond donors (Lipinski definition) is 0. The van der Waals surface area contributed by atoms with Crippen LogP contribution in [-0.2, 0) is 4.74 Å². The molecule has 0 bridgehead atoms. The number of carbonyl (C=O) groups is 1. The summed E-state index contributed by atoms with van der Waals surface area (Å²) in [5, 5.41) is 0. The predicted octanol–water partition coefficient (Wildman–Crippen LogP) is 1.70. The van der Waals surface area contributed by atoms with E-state index in [2.05, 4.69) is 4.98 Å². The Bertz CT molecular complexity index is 325. The van der Waals surface area contributed by atoms with Gasteiger partial charge in [0.2, 0.25) is 0 Å². The SMILES string of the molecule is COCCCC(=O)c1ccncc1OC. The third kappa shape index (κ3) is 3.32. The van der Waals surface area contributed by atoms with Crippen LogP contribution in [0.25, 0.3) is 0 Å². The molecular weight excluding hydrogens is 194 g/mol. The van der Waals surface area contributed by atoms with Crippen molar-refractivity contribution in [2.45, 2.75) is 12.8 Å². The van der Waals surface area contributed by atoms with Gasteiger partial charge in [-0.3, -0.25) is 9.78 Å². The first-order valence-corrected chi connectivity index (χ1v) is 4.79. The van der Waals surface area contributed by atoms with Gasteiger partial charge in [-0.2, -0.15) is 0 Å². The number of ketones is 1. The zero-order valence-corrected chi connectivity index (χ0v) is 9.03. The lowest BCUT2D eigenvalue weighted by Gasteiger charge is -2.05. The first kappa shape index (κ1) is 11.7. The summed E-state index contributed by atoms with van der Waals surface area (Å²) < 4.78 is 9.95. The molecule has 0 saturated heterocycles. The quantitative estimate of drug-likeness (QED) is 0.528. The molecule has 0 atom stereocenters. The number of hydrogen-bond acceptors (Lipinski definition) is 4. The molecule has 0 aliphatic carbocycles. The molecule has 4 nitrogen and oxygen atoms in total. The van der Waals surface area contributed by atoms with Crippen molar-refractivity contribution in [1.29, 1.82) is 0 Å². The third-order valence-electron chi connectivity index (χ3n) is 2.06. The Hall–Kier alpha value is -1.42. The third-order valence-corrected chi connectivity index (χ3v) is 2.06. The molecule has 0 spiro atoms. The average molecular weight is 209 g/mol. The molecule has 1 rings (SSSR count). The Kier molecular flexibility index (Phi) is 4.77. The molecule has 0 aliphatic heterocycles. The maximum Gasteiger partial charge on any atom is 0.166 e. The van der Waals surface area contributed by atoms with Gasteiger partial charge >= 0.3 is 0 Å². The van der Waals surface area contributed by atoms with Crippen molar-refractivity contribution in [3.8, 4) is 5.75 Å². The van der Waals surface area contributed by atoms with Crippen LogP contribution in [0.4, 0.5) is 0 Å². The number of ether oxygens (including phenoxy) is 2. The van der Waals surface area contributed by atoms with E-state index in [1.165, 1.54) is 7.11 Å². The molecule has 1 aromatic rings. The van der Waals surface area contributed by atoms with E-state index in [0.717, 1.165) is 6.42 Å². The molecule has 0 unspecified atom stereocenters. The Morgan fingerprint density at radius 1 is 1.47 bits per heavy atom. The van der Waals surface area contributed by atoms with Gasteiger partial charge in [0.25, 0.3) is 0 Å². The average Bonchev–Trinajstić information content (AvgIpc) is 2.29. The van der Waals surface area contributed by atoms with Crippen LogP contribution in [0.2, 0.25) is 0 Å². The molecule has 1 aromatic heterocycles. The Balaban J connectivity index is 2.64. The van der Waals surface area contributed by atoms with Crippen LogP contribution in [0, 0.1) is 0 Å². The Labute approximate surface area is 89.2 Å². The standard InChI is InChI=1S/C11H15NO3/c1-14-7-3-4-10(13)9-5-6-12-8-11(9)15-2/h5-6,8H,3-4,7H2,1-2H3. The Morgan fingerprint density at radius 3 is 2.93 bits per heavy atom. The monoisotopic (exact) mass is 209 g/mol. The minimum Gasteiger partial charge on any atom is -0.494 e. The minimum absolute atomic E-state index is 0.0614. The lowest BCUT2D eigenvalue weighted by molar-refractivity contribution is 0.0960. The molecule has 0 saturated carbocycles. The summed E-state index contributed by atoms with van der Waals surface area (Å²) in [6.07, 6.45) is 4.32. The fourth-order valence-corrected chi connectivity index (χ4v) is 1.28. The van der Waals surface area contributed by atoms with Gasteiger partial charge in [0.1, 0.15) is 5.75 Å². The van der Waals surface area contributed by atoms with Crippen molar-refractivity contribution in [3.05, 3.63) is 24.0 Å². The van der Waals surface area contributed by atoms with Crippen LogP contribution in [-0.4, -0.2) is 31.6 Å². The van der Waals surface area contributed by atoms with Gasteiger partial charge < -0.3 is 9.47 Å². The smallest absolute Gasteiger partial charge is 0.166 e. The normalized spacial score (nSPS) is 10.0. The van der Waals surface area contributed by atoms with Crippen LogP contribution in [0.5, 0.6) is 5.75 Å². The zero-order chi connectivity index (χ0) is 11.1. The predicted molar refractivity (Wildman–Crippen MR) is 56.2 cm³/mol. The minimum atomic E-state index is 0.0614. The van der Waals surface area contributed by atoms with Crippen molar-refractivity contribution in [1.82, 2.24) is 4.98 Å². The fourth-order valence-electron chi connectivity index (χ4n) is 1.28. The van der Waals surface area contributed by atoms with E-state index in [0.29, 0.717) is 24.3 Å². The van der Waals surface area contributed by atoms with Gasteiger partial charge in [-0.25, -0.2) is 0 Å². The highest BCUT2D eigenvalue weighted by molar-refractivity contribution is 5.98. The van der Waals surface area contributed by atoms with Gasteiger partial charge in [0.05, 0.1) is 18.9 Å². The van der Waals surface area contributed by atoms with Gasteiger partial charge in [0, 0.05) is 26.3 Å². The first-order valence-electron chi connectivity index (χ1n) is 4.79. The lowest BCUT2D eigenvalue weighted by atomic mass is 10.1. The maximum atomic E-state index is 11.7. The summed E-state index contributed by atoms with van der Waals surface area (Å²) in [5.41, 5.74) is 0.587. The van der Waals surface area contributed by atoms with Crippen LogP contribution in [0.1, 0.15) is 23.2 Å². The lowest BCUT2D eigenvalue weighted by Crippen LogP contribution is -2.04. The summed E-state index contributed by atoms with van der Waals surface area (Å²) in [4.78, 5) is 15.6. The molecule has 0 fully saturated rings. The molecular formula is C11H15NO3. The summed E-state index contributed by atoms with van der Waals surface area (Å²) in [6.45, 7) is 0.596. The van der Waals surface area contributed by atoms with E-state index < -0.39 is 0 Å². The number of aromatic nitrogens is 1. The number of nitrogens with zero attached hydrogens (tertiary/aromatic N) is 1.